The summed E-state index contributed by atoms with van der Waals surface area (Å²) in [6, 6.07) is 55.1. The second-order valence-corrected chi connectivity index (χ2v) is 14.1. The summed E-state index contributed by atoms with van der Waals surface area (Å²) in [5.74, 6) is 0. The predicted octanol–water partition coefficient (Wildman–Crippen LogP) is 8.19. The monoisotopic (exact) mass is 605 g/mol. The van der Waals surface area contributed by atoms with Crippen molar-refractivity contribution in [3.8, 4) is 5.69 Å². The zero-order valence-electron chi connectivity index (χ0n) is 25.6. The molecular formula is C43H32BNS. The van der Waals surface area contributed by atoms with Gasteiger partial charge in [-0.2, -0.15) is 0 Å². The fourth-order valence-electron chi connectivity index (χ4n) is 9.03. The number of aryl methyl sites for hydroxylation is 1. The topological polar surface area (TPSA) is 4.93 Å². The molecule has 10 rings (SSSR count). The quantitative estimate of drug-likeness (QED) is 0.184. The Bertz CT molecular complexity index is 2260. The molecule has 1 aromatic heterocycles. The highest BCUT2D eigenvalue weighted by atomic mass is 32.2. The lowest BCUT2D eigenvalue weighted by Crippen LogP contribution is -2.64. The highest BCUT2D eigenvalue weighted by Crippen LogP contribution is 2.49. The number of nitrogens with zero attached hydrogens (tertiary/aromatic N) is 1. The molecule has 0 fully saturated rings. The van der Waals surface area contributed by atoms with E-state index in [0.29, 0.717) is 0 Å². The molecule has 0 spiro atoms. The summed E-state index contributed by atoms with van der Waals surface area (Å²) < 4.78 is 2.62. The van der Waals surface area contributed by atoms with Crippen LogP contribution in [0.1, 0.15) is 46.4 Å². The van der Waals surface area contributed by atoms with E-state index in [1.165, 1.54) is 83.6 Å². The third-order valence-electron chi connectivity index (χ3n) is 10.8. The summed E-state index contributed by atoms with van der Waals surface area (Å²) in [4.78, 5) is 2.74. The van der Waals surface area contributed by atoms with Crippen LogP contribution < -0.4 is 16.4 Å². The van der Waals surface area contributed by atoms with Crippen LogP contribution in [0.25, 0.3) is 16.6 Å². The molecule has 3 heteroatoms. The van der Waals surface area contributed by atoms with Crippen molar-refractivity contribution in [2.24, 2.45) is 0 Å². The lowest BCUT2D eigenvalue weighted by molar-refractivity contribution is 0.666. The Balaban J connectivity index is 1.39. The first kappa shape index (κ1) is 26.5. The van der Waals surface area contributed by atoms with Gasteiger partial charge in [0.1, 0.15) is 0 Å². The number of benzene rings is 6. The molecule has 2 aliphatic heterocycles. The van der Waals surface area contributed by atoms with E-state index in [-0.39, 0.29) is 6.71 Å². The molecule has 46 heavy (non-hydrogen) atoms. The zero-order chi connectivity index (χ0) is 30.2. The molecule has 0 saturated carbocycles. The average Bonchev–Trinajstić information content (AvgIpc) is 3.47. The van der Waals surface area contributed by atoms with Crippen molar-refractivity contribution in [3.05, 3.63) is 179 Å². The van der Waals surface area contributed by atoms with E-state index < -0.39 is 5.41 Å². The van der Waals surface area contributed by atoms with Gasteiger partial charge in [-0.25, -0.2) is 0 Å². The second kappa shape index (κ2) is 10.1. The van der Waals surface area contributed by atoms with Crippen molar-refractivity contribution in [1.82, 2.24) is 4.57 Å². The van der Waals surface area contributed by atoms with Crippen molar-refractivity contribution in [2.45, 2.75) is 40.9 Å². The summed E-state index contributed by atoms with van der Waals surface area (Å²) in [6.07, 6.45) is 4.81. The van der Waals surface area contributed by atoms with Gasteiger partial charge in [0, 0.05) is 26.6 Å². The fourth-order valence-corrected chi connectivity index (χ4v) is 10.2. The molecule has 1 aliphatic carbocycles. The molecule has 0 unspecified atom stereocenters. The van der Waals surface area contributed by atoms with Crippen LogP contribution in [0.15, 0.2) is 155 Å². The number of aromatic nitrogens is 1. The summed E-state index contributed by atoms with van der Waals surface area (Å²) >= 11 is 1.96. The van der Waals surface area contributed by atoms with E-state index >= 15 is 0 Å². The molecule has 3 aliphatic rings. The fraction of sp³-hybridized carbons (Fsp3) is 0.116. The van der Waals surface area contributed by atoms with Gasteiger partial charge in [0.15, 0.2) is 0 Å². The minimum absolute atomic E-state index is 0.184. The Kier molecular flexibility index (Phi) is 5.84. The molecule has 7 aromatic rings. The van der Waals surface area contributed by atoms with Crippen molar-refractivity contribution >= 4 is 45.8 Å². The number of hydrogen-bond acceptors (Lipinski definition) is 1. The van der Waals surface area contributed by atoms with Crippen LogP contribution in [0.4, 0.5) is 0 Å². The Hall–Kier alpha value is -4.73. The Morgan fingerprint density at radius 2 is 1.22 bits per heavy atom. The maximum Gasteiger partial charge on any atom is 0.245 e. The molecule has 0 N–H and O–H groups in total. The van der Waals surface area contributed by atoms with Crippen molar-refractivity contribution < 1.29 is 0 Å². The van der Waals surface area contributed by atoms with E-state index in [4.69, 9.17) is 0 Å². The minimum Gasteiger partial charge on any atom is -0.313 e. The highest BCUT2D eigenvalue weighted by molar-refractivity contribution is 8.00. The predicted molar refractivity (Wildman–Crippen MR) is 193 cm³/mol. The van der Waals surface area contributed by atoms with Crippen LogP contribution in [0.2, 0.25) is 0 Å². The molecule has 6 aromatic carbocycles. The number of para-hydroxylation sites is 1. The molecule has 3 heterocycles. The molecule has 0 saturated heterocycles. The second-order valence-electron chi connectivity index (χ2n) is 13.0. The molecule has 1 nitrogen and oxygen atoms in total. The molecule has 0 radical (unpaired) electrons. The first-order valence-corrected chi connectivity index (χ1v) is 17.4. The maximum absolute atomic E-state index is 2.62. The Morgan fingerprint density at radius 1 is 0.565 bits per heavy atom. The third-order valence-corrected chi connectivity index (χ3v) is 11.9. The van der Waals surface area contributed by atoms with E-state index in [1.807, 2.05) is 11.8 Å². The summed E-state index contributed by atoms with van der Waals surface area (Å²) in [5.41, 5.74) is 14.9. The van der Waals surface area contributed by atoms with Crippen LogP contribution in [-0.4, -0.2) is 11.3 Å². The standard InChI is InChI=1S/C43H32BNS/c1-3-15-29(16-4-1)43(30-17-5-2-6-18-30)34-21-9-10-22-36(34)44-37-23-11-14-26-40(37)46-41-28-31(27-35(43)42(41)44)45-38-24-12-7-19-32(38)33-20-8-13-25-39(33)45/h1-7,9-12,14-19,21-24,26-28H,8,13,20,25H2. The average molecular weight is 606 g/mol. The van der Waals surface area contributed by atoms with E-state index in [1.54, 1.807) is 5.56 Å². The number of fused-ring (bicyclic) bond motifs is 7. The van der Waals surface area contributed by atoms with Crippen molar-refractivity contribution in [2.75, 3.05) is 0 Å². The van der Waals surface area contributed by atoms with E-state index in [9.17, 15) is 0 Å². The molecular weight excluding hydrogens is 573 g/mol. The van der Waals surface area contributed by atoms with Gasteiger partial charge in [0.2, 0.25) is 6.71 Å². The zero-order valence-corrected chi connectivity index (χ0v) is 26.4. The third kappa shape index (κ3) is 3.55. The summed E-state index contributed by atoms with van der Waals surface area (Å²) in [5, 5.41) is 1.42. The van der Waals surface area contributed by atoms with Crippen molar-refractivity contribution in [1.29, 1.82) is 0 Å². The number of hydrogen-bond donors (Lipinski definition) is 0. The smallest absolute Gasteiger partial charge is 0.245 e. The van der Waals surface area contributed by atoms with Crippen LogP contribution in [0, 0.1) is 0 Å². The molecule has 218 valence electrons. The normalized spacial score (nSPS) is 15.5. The van der Waals surface area contributed by atoms with Crippen LogP contribution in [-0.2, 0) is 18.3 Å². The van der Waals surface area contributed by atoms with Gasteiger partial charge < -0.3 is 4.57 Å². The Labute approximate surface area is 275 Å². The largest absolute Gasteiger partial charge is 0.313 e. The highest BCUT2D eigenvalue weighted by Gasteiger charge is 2.50. The van der Waals surface area contributed by atoms with Gasteiger partial charge in [0.05, 0.1) is 10.9 Å². The van der Waals surface area contributed by atoms with Gasteiger partial charge in [0.25, 0.3) is 0 Å². The SMILES string of the molecule is c1ccc(C2(c3ccccc3)c3ccccc3B3c4ccccc4Sc4cc(-n5c6c(c7ccccc75)CCCC6)cc2c43)cc1. The van der Waals surface area contributed by atoms with Crippen LogP contribution in [0.5, 0.6) is 0 Å². The summed E-state index contributed by atoms with van der Waals surface area (Å²) in [6.45, 7) is 0.184. The Morgan fingerprint density at radius 3 is 2.02 bits per heavy atom. The molecule has 0 atom stereocenters. The molecule has 0 bridgehead atoms. The van der Waals surface area contributed by atoms with Crippen molar-refractivity contribution in [3.63, 3.8) is 0 Å². The van der Waals surface area contributed by atoms with Gasteiger partial charge in [-0.3, -0.25) is 0 Å². The van der Waals surface area contributed by atoms with Crippen LogP contribution in [0.3, 0.4) is 0 Å². The first-order valence-electron chi connectivity index (χ1n) is 16.6. The lowest BCUT2D eigenvalue weighted by atomic mass is 9.30. The molecule has 0 amide bonds. The summed E-state index contributed by atoms with van der Waals surface area (Å²) in [7, 11) is 0. The lowest BCUT2D eigenvalue weighted by Gasteiger charge is -2.46. The number of rotatable bonds is 3. The van der Waals surface area contributed by atoms with Gasteiger partial charge >= 0.3 is 0 Å². The van der Waals surface area contributed by atoms with Gasteiger partial charge in [-0.15, -0.1) is 0 Å². The minimum atomic E-state index is -0.467. The van der Waals surface area contributed by atoms with E-state index in [2.05, 4.69) is 150 Å². The maximum atomic E-state index is 2.62. The van der Waals surface area contributed by atoms with Gasteiger partial charge in [-0.1, -0.05) is 149 Å². The van der Waals surface area contributed by atoms with Gasteiger partial charge in [-0.05, 0) is 77.8 Å². The van der Waals surface area contributed by atoms with E-state index in [0.717, 1.165) is 12.8 Å². The van der Waals surface area contributed by atoms with Crippen LogP contribution >= 0.6 is 11.8 Å². The first-order chi connectivity index (χ1) is 22.8.